The molecule has 0 fully saturated rings. The van der Waals surface area contributed by atoms with Crippen LogP contribution in [0.5, 0.6) is 0 Å². The van der Waals surface area contributed by atoms with Gasteiger partial charge in [-0.3, -0.25) is 0 Å². The van der Waals surface area contributed by atoms with Crippen LogP contribution >= 0.6 is 11.6 Å². The van der Waals surface area contributed by atoms with Crippen LogP contribution in [0.1, 0.15) is 19.4 Å². The maximum atomic E-state index is 6.04. The van der Waals surface area contributed by atoms with Gasteiger partial charge in [0, 0.05) is 33.3 Å². The highest BCUT2D eigenvalue weighted by atomic mass is 35.5. The van der Waals surface area contributed by atoms with Crippen LogP contribution in [0.15, 0.2) is 48.4 Å². The molecule has 1 N–H and O–H groups in total. The molecular weight excluding hydrogens is 230 g/mol. The van der Waals surface area contributed by atoms with Gasteiger partial charge in [-0.25, -0.2) is 0 Å². The van der Waals surface area contributed by atoms with Crippen LogP contribution in [-0.4, -0.2) is 4.98 Å². The fourth-order valence-electron chi connectivity index (χ4n) is 1.87. The van der Waals surface area contributed by atoms with Crippen molar-refractivity contribution < 1.29 is 0 Å². The van der Waals surface area contributed by atoms with Crippen LogP contribution in [-0.2, 0) is 0 Å². The molecule has 0 spiro atoms. The van der Waals surface area contributed by atoms with E-state index in [0.29, 0.717) is 0 Å². The van der Waals surface area contributed by atoms with E-state index < -0.39 is 0 Å². The summed E-state index contributed by atoms with van der Waals surface area (Å²) in [7, 11) is 0. The Balaban J connectivity index is 2.74. The molecule has 0 radical (unpaired) electrons. The summed E-state index contributed by atoms with van der Waals surface area (Å²) >= 11 is 6.04. The number of nitrogens with one attached hydrogen (secondary N) is 1. The van der Waals surface area contributed by atoms with Crippen molar-refractivity contribution in [3.8, 4) is 0 Å². The summed E-state index contributed by atoms with van der Waals surface area (Å²) < 4.78 is 0. The minimum atomic E-state index is 0.736. The van der Waals surface area contributed by atoms with Gasteiger partial charge < -0.3 is 4.98 Å². The molecule has 86 valence electrons. The maximum absolute atomic E-state index is 6.04. The van der Waals surface area contributed by atoms with E-state index in [-0.39, 0.29) is 0 Å². The summed E-state index contributed by atoms with van der Waals surface area (Å²) in [5.74, 6) is 0. The van der Waals surface area contributed by atoms with Gasteiger partial charge in [0.05, 0.1) is 0 Å². The van der Waals surface area contributed by atoms with Crippen molar-refractivity contribution in [1.82, 2.24) is 4.98 Å². The molecule has 0 bridgehead atoms. The summed E-state index contributed by atoms with van der Waals surface area (Å²) in [6.45, 7) is 7.92. The van der Waals surface area contributed by atoms with Gasteiger partial charge >= 0.3 is 0 Å². The second-order valence-electron chi connectivity index (χ2n) is 3.98. The Bertz CT molecular complexity index is 640. The molecule has 0 aliphatic rings. The van der Waals surface area contributed by atoms with E-state index in [0.717, 1.165) is 32.6 Å². The average molecular weight is 244 g/mol. The number of rotatable bonds is 2. The van der Waals surface area contributed by atoms with E-state index in [2.05, 4.69) is 17.3 Å². The summed E-state index contributed by atoms with van der Waals surface area (Å²) in [5, 5.41) is 1.84. The minimum Gasteiger partial charge on any atom is -0.361 e. The zero-order valence-electron chi connectivity index (χ0n) is 9.97. The highest BCUT2D eigenvalue weighted by Gasteiger charge is 2.09. The molecule has 0 saturated heterocycles. The van der Waals surface area contributed by atoms with E-state index in [1.165, 1.54) is 0 Å². The van der Waals surface area contributed by atoms with Gasteiger partial charge in [0.1, 0.15) is 0 Å². The standard InChI is InChI=1S/C15H14ClN/c1-4-5-12(10(2)3)14-9-17-15-7-6-11(16)8-13(14)15/h4,6-9,17H,2H2,1,3H3. The third kappa shape index (κ3) is 2.21. The van der Waals surface area contributed by atoms with Crippen molar-refractivity contribution in [3.05, 3.63) is 58.9 Å². The van der Waals surface area contributed by atoms with Crippen LogP contribution < -0.4 is 0 Å². The van der Waals surface area contributed by atoms with Crippen molar-refractivity contribution in [2.75, 3.05) is 0 Å². The number of H-pyrrole nitrogens is 1. The first-order valence-electron chi connectivity index (χ1n) is 5.47. The van der Waals surface area contributed by atoms with Crippen molar-refractivity contribution in [1.29, 1.82) is 0 Å². The molecular formula is C15H14ClN. The highest BCUT2D eigenvalue weighted by Crippen LogP contribution is 2.30. The summed E-state index contributed by atoms with van der Waals surface area (Å²) in [4.78, 5) is 3.23. The molecule has 2 aromatic rings. The van der Waals surface area contributed by atoms with Crippen LogP contribution in [0.25, 0.3) is 16.5 Å². The lowest BCUT2D eigenvalue weighted by molar-refractivity contribution is 1.45. The fourth-order valence-corrected chi connectivity index (χ4v) is 2.05. The second kappa shape index (κ2) is 4.67. The zero-order chi connectivity index (χ0) is 12.4. The number of hydrogen-bond donors (Lipinski definition) is 1. The Morgan fingerprint density at radius 2 is 2.24 bits per heavy atom. The average Bonchev–Trinajstić information content (AvgIpc) is 2.68. The van der Waals surface area contributed by atoms with E-state index in [4.69, 9.17) is 11.6 Å². The van der Waals surface area contributed by atoms with E-state index in [1.807, 2.05) is 44.3 Å². The number of benzene rings is 1. The molecule has 0 aliphatic heterocycles. The first-order chi connectivity index (χ1) is 8.13. The van der Waals surface area contributed by atoms with Gasteiger partial charge in [-0.2, -0.15) is 0 Å². The smallest absolute Gasteiger partial charge is 0.0461 e. The SMILES string of the molecule is C=C(C)C(=C=CC)c1c[nH]c2ccc(Cl)cc12. The topological polar surface area (TPSA) is 15.8 Å². The molecule has 1 aromatic carbocycles. The number of halogens is 1. The fraction of sp³-hybridized carbons (Fsp3) is 0.133. The van der Waals surface area contributed by atoms with Crippen molar-refractivity contribution in [2.45, 2.75) is 13.8 Å². The van der Waals surface area contributed by atoms with Crippen molar-refractivity contribution in [2.24, 2.45) is 0 Å². The second-order valence-corrected chi connectivity index (χ2v) is 4.42. The number of aromatic amines is 1. The van der Waals surface area contributed by atoms with Crippen molar-refractivity contribution in [3.63, 3.8) is 0 Å². The molecule has 0 aliphatic carbocycles. The summed E-state index contributed by atoms with van der Waals surface area (Å²) in [5.41, 5.74) is 7.39. The van der Waals surface area contributed by atoms with Gasteiger partial charge in [-0.1, -0.05) is 18.2 Å². The molecule has 0 unspecified atom stereocenters. The first-order valence-corrected chi connectivity index (χ1v) is 5.85. The number of allylic oxidation sites excluding steroid dienone is 2. The first kappa shape index (κ1) is 11.8. The monoisotopic (exact) mass is 243 g/mol. The molecule has 2 rings (SSSR count). The van der Waals surface area contributed by atoms with Crippen molar-refractivity contribution >= 4 is 28.1 Å². The van der Waals surface area contributed by atoms with Crippen LogP contribution in [0.4, 0.5) is 0 Å². The molecule has 2 heteroatoms. The molecule has 17 heavy (non-hydrogen) atoms. The number of fused-ring (bicyclic) bond motifs is 1. The Hall–Kier alpha value is -1.69. The van der Waals surface area contributed by atoms with Gasteiger partial charge in [0.15, 0.2) is 0 Å². The minimum absolute atomic E-state index is 0.736. The van der Waals surface area contributed by atoms with Gasteiger partial charge in [-0.15, -0.1) is 5.73 Å². The third-order valence-corrected chi connectivity index (χ3v) is 2.86. The molecule has 0 amide bonds. The molecule has 1 aromatic heterocycles. The third-order valence-electron chi connectivity index (χ3n) is 2.63. The predicted octanol–water partition coefficient (Wildman–Crippen LogP) is 4.96. The lowest BCUT2D eigenvalue weighted by Crippen LogP contribution is -1.82. The van der Waals surface area contributed by atoms with Gasteiger partial charge in [0.25, 0.3) is 0 Å². The Labute approximate surface area is 106 Å². The molecule has 0 saturated carbocycles. The van der Waals surface area contributed by atoms with Crippen LogP contribution in [0.3, 0.4) is 0 Å². The van der Waals surface area contributed by atoms with Crippen LogP contribution in [0, 0.1) is 0 Å². The highest BCUT2D eigenvalue weighted by molar-refractivity contribution is 6.31. The Morgan fingerprint density at radius 1 is 1.47 bits per heavy atom. The molecule has 1 nitrogen and oxygen atoms in total. The number of hydrogen-bond acceptors (Lipinski definition) is 0. The molecule has 0 atom stereocenters. The van der Waals surface area contributed by atoms with Gasteiger partial charge in [-0.05, 0) is 43.7 Å². The predicted molar refractivity (Wildman–Crippen MR) is 75.3 cm³/mol. The quantitative estimate of drug-likeness (QED) is 0.567. The molecule has 1 heterocycles. The van der Waals surface area contributed by atoms with E-state index in [9.17, 15) is 0 Å². The number of aromatic nitrogens is 1. The lowest BCUT2D eigenvalue weighted by Gasteiger charge is -2.02. The van der Waals surface area contributed by atoms with Gasteiger partial charge in [0.2, 0.25) is 0 Å². The lowest BCUT2D eigenvalue weighted by atomic mass is 10.0. The summed E-state index contributed by atoms with van der Waals surface area (Å²) in [6, 6.07) is 5.82. The normalized spacial score (nSPS) is 10.1. The van der Waals surface area contributed by atoms with E-state index in [1.54, 1.807) is 0 Å². The Kier molecular flexibility index (Phi) is 3.23. The summed E-state index contributed by atoms with van der Waals surface area (Å²) in [6.07, 6.45) is 3.87. The van der Waals surface area contributed by atoms with Crippen LogP contribution in [0.2, 0.25) is 5.02 Å². The Morgan fingerprint density at radius 3 is 2.88 bits per heavy atom. The maximum Gasteiger partial charge on any atom is 0.0461 e. The van der Waals surface area contributed by atoms with E-state index >= 15 is 0 Å². The zero-order valence-corrected chi connectivity index (χ0v) is 10.7. The largest absolute Gasteiger partial charge is 0.361 e.